The lowest BCUT2D eigenvalue weighted by Gasteiger charge is -2.09. The summed E-state index contributed by atoms with van der Waals surface area (Å²) < 4.78 is 0. The van der Waals surface area contributed by atoms with Crippen LogP contribution >= 0.6 is 0 Å². The summed E-state index contributed by atoms with van der Waals surface area (Å²) in [6.45, 7) is 6.65. The molecule has 0 aliphatic carbocycles. The van der Waals surface area contributed by atoms with Crippen LogP contribution in [-0.4, -0.2) is 13.1 Å². The van der Waals surface area contributed by atoms with Gasteiger partial charge in [-0.3, -0.25) is 0 Å². The SMILES string of the molecule is C#CCCC(C)CNCCC. The van der Waals surface area contributed by atoms with E-state index in [1.807, 2.05) is 0 Å². The molecule has 0 amide bonds. The summed E-state index contributed by atoms with van der Waals surface area (Å²) in [5.74, 6) is 3.38. The maximum Gasteiger partial charge on any atom is 0.00890 e. The summed E-state index contributed by atoms with van der Waals surface area (Å²) in [6, 6.07) is 0. The van der Waals surface area contributed by atoms with Crippen LogP contribution in [0.5, 0.6) is 0 Å². The molecule has 1 heteroatoms. The molecule has 0 saturated carbocycles. The molecule has 0 saturated heterocycles. The van der Waals surface area contributed by atoms with E-state index >= 15 is 0 Å². The van der Waals surface area contributed by atoms with Gasteiger partial charge in [0.15, 0.2) is 0 Å². The van der Waals surface area contributed by atoms with Crippen molar-refractivity contribution in [2.24, 2.45) is 5.92 Å². The van der Waals surface area contributed by atoms with E-state index in [1.54, 1.807) is 0 Å². The van der Waals surface area contributed by atoms with Gasteiger partial charge in [-0.25, -0.2) is 0 Å². The second-order valence-corrected chi connectivity index (χ2v) is 3.05. The third kappa shape index (κ3) is 7.42. The average molecular weight is 153 g/mol. The molecule has 0 bridgehead atoms. The lowest BCUT2D eigenvalue weighted by Crippen LogP contribution is -2.21. The molecular weight excluding hydrogens is 134 g/mol. The summed E-state index contributed by atoms with van der Waals surface area (Å²) >= 11 is 0. The second kappa shape index (κ2) is 7.63. The summed E-state index contributed by atoms with van der Waals surface area (Å²) in [5.41, 5.74) is 0. The van der Waals surface area contributed by atoms with Gasteiger partial charge in [-0.1, -0.05) is 13.8 Å². The molecule has 1 atom stereocenters. The van der Waals surface area contributed by atoms with Crippen molar-refractivity contribution in [2.75, 3.05) is 13.1 Å². The summed E-state index contributed by atoms with van der Waals surface area (Å²) in [4.78, 5) is 0. The molecule has 0 aromatic carbocycles. The minimum atomic E-state index is 0.720. The van der Waals surface area contributed by atoms with Gasteiger partial charge in [-0.05, 0) is 31.8 Å². The van der Waals surface area contributed by atoms with Crippen LogP contribution in [0.25, 0.3) is 0 Å². The largest absolute Gasteiger partial charge is 0.316 e. The van der Waals surface area contributed by atoms with Crippen LogP contribution in [-0.2, 0) is 0 Å². The molecule has 0 radical (unpaired) electrons. The fourth-order valence-electron chi connectivity index (χ4n) is 0.957. The van der Waals surface area contributed by atoms with Gasteiger partial charge in [0.2, 0.25) is 0 Å². The van der Waals surface area contributed by atoms with E-state index in [2.05, 4.69) is 25.1 Å². The maximum atomic E-state index is 5.16. The minimum Gasteiger partial charge on any atom is -0.316 e. The van der Waals surface area contributed by atoms with Gasteiger partial charge in [0.1, 0.15) is 0 Å². The molecule has 0 aromatic rings. The Bertz CT molecular complexity index is 113. The number of hydrogen-bond donors (Lipinski definition) is 1. The van der Waals surface area contributed by atoms with Gasteiger partial charge in [-0.15, -0.1) is 12.3 Å². The Morgan fingerprint density at radius 3 is 2.82 bits per heavy atom. The van der Waals surface area contributed by atoms with E-state index in [-0.39, 0.29) is 0 Å². The van der Waals surface area contributed by atoms with Crippen molar-refractivity contribution >= 4 is 0 Å². The first-order valence-corrected chi connectivity index (χ1v) is 4.45. The van der Waals surface area contributed by atoms with E-state index in [0.29, 0.717) is 0 Å². The summed E-state index contributed by atoms with van der Waals surface area (Å²) in [6.07, 6.45) is 8.43. The highest BCUT2D eigenvalue weighted by molar-refractivity contribution is 4.83. The van der Waals surface area contributed by atoms with Crippen molar-refractivity contribution in [3.05, 3.63) is 0 Å². The van der Waals surface area contributed by atoms with E-state index in [9.17, 15) is 0 Å². The van der Waals surface area contributed by atoms with Gasteiger partial charge in [0.25, 0.3) is 0 Å². The van der Waals surface area contributed by atoms with E-state index in [4.69, 9.17) is 6.42 Å². The van der Waals surface area contributed by atoms with Crippen molar-refractivity contribution in [1.82, 2.24) is 5.32 Å². The zero-order chi connectivity index (χ0) is 8.53. The van der Waals surface area contributed by atoms with Gasteiger partial charge < -0.3 is 5.32 Å². The summed E-state index contributed by atoms with van der Waals surface area (Å²) in [5, 5.41) is 3.38. The van der Waals surface area contributed by atoms with Crippen LogP contribution in [0.3, 0.4) is 0 Å². The van der Waals surface area contributed by atoms with E-state index in [1.165, 1.54) is 6.42 Å². The lowest BCUT2D eigenvalue weighted by atomic mass is 10.1. The molecule has 0 rings (SSSR count). The Balaban J connectivity index is 3.10. The Morgan fingerprint density at radius 2 is 2.27 bits per heavy atom. The molecule has 0 heterocycles. The number of nitrogens with one attached hydrogen (secondary N) is 1. The quantitative estimate of drug-likeness (QED) is 0.455. The zero-order valence-electron chi connectivity index (χ0n) is 7.69. The fourth-order valence-corrected chi connectivity index (χ4v) is 0.957. The Labute approximate surface area is 70.6 Å². The van der Waals surface area contributed by atoms with Crippen molar-refractivity contribution in [3.63, 3.8) is 0 Å². The first-order valence-electron chi connectivity index (χ1n) is 4.45. The predicted octanol–water partition coefficient (Wildman–Crippen LogP) is 2.04. The average Bonchev–Trinajstić information content (AvgIpc) is 2.01. The molecule has 64 valence electrons. The molecule has 1 nitrogen and oxygen atoms in total. The fraction of sp³-hybridized carbons (Fsp3) is 0.800. The van der Waals surface area contributed by atoms with Gasteiger partial charge >= 0.3 is 0 Å². The van der Waals surface area contributed by atoms with Crippen molar-refractivity contribution in [2.45, 2.75) is 33.1 Å². The predicted molar refractivity (Wildman–Crippen MR) is 50.4 cm³/mol. The maximum absolute atomic E-state index is 5.16. The molecule has 0 aromatic heterocycles. The Kier molecular flexibility index (Phi) is 7.29. The highest BCUT2D eigenvalue weighted by atomic mass is 14.8. The molecule has 0 fully saturated rings. The van der Waals surface area contributed by atoms with E-state index in [0.717, 1.165) is 31.8 Å². The first-order chi connectivity index (χ1) is 5.31. The monoisotopic (exact) mass is 153 g/mol. The van der Waals surface area contributed by atoms with Crippen LogP contribution in [0.4, 0.5) is 0 Å². The van der Waals surface area contributed by atoms with Crippen LogP contribution in [0, 0.1) is 18.3 Å². The second-order valence-electron chi connectivity index (χ2n) is 3.05. The zero-order valence-corrected chi connectivity index (χ0v) is 7.69. The third-order valence-electron chi connectivity index (χ3n) is 1.70. The third-order valence-corrected chi connectivity index (χ3v) is 1.70. The molecule has 0 spiro atoms. The standard InChI is InChI=1S/C10H19N/c1-4-6-7-10(3)9-11-8-5-2/h1,10-11H,5-9H2,2-3H3. The highest BCUT2D eigenvalue weighted by Gasteiger charge is 1.98. The van der Waals surface area contributed by atoms with Crippen LogP contribution in [0.15, 0.2) is 0 Å². The van der Waals surface area contributed by atoms with Gasteiger partial charge in [-0.2, -0.15) is 0 Å². The molecule has 11 heavy (non-hydrogen) atoms. The number of hydrogen-bond acceptors (Lipinski definition) is 1. The highest BCUT2D eigenvalue weighted by Crippen LogP contribution is 2.02. The topological polar surface area (TPSA) is 12.0 Å². The molecule has 1 unspecified atom stereocenters. The molecule has 0 aliphatic heterocycles. The van der Waals surface area contributed by atoms with E-state index < -0.39 is 0 Å². The molecule has 0 aliphatic rings. The van der Waals surface area contributed by atoms with Crippen molar-refractivity contribution < 1.29 is 0 Å². The Hall–Kier alpha value is -0.480. The van der Waals surface area contributed by atoms with Gasteiger partial charge in [0.05, 0.1) is 0 Å². The van der Waals surface area contributed by atoms with Crippen molar-refractivity contribution in [3.8, 4) is 12.3 Å². The number of terminal acetylenes is 1. The van der Waals surface area contributed by atoms with Gasteiger partial charge in [0, 0.05) is 6.42 Å². The first kappa shape index (κ1) is 10.5. The van der Waals surface area contributed by atoms with Crippen molar-refractivity contribution in [1.29, 1.82) is 0 Å². The lowest BCUT2D eigenvalue weighted by molar-refractivity contribution is 0.487. The van der Waals surface area contributed by atoms with Crippen LogP contribution in [0.2, 0.25) is 0 Å². The molecule has 1 N–H and O–H groups in total. The molecular formula is C10H19N. The van der Waals surface area contributed by atoms with Crippen LogP contribution in [0.1, 0.15) is 33.1 Å². The van der Waals surface area contributed by atoms with Crippen LogP contribution < -0.4 is 5.32 Å². The Morgan fingerprint density at radius 1 is 1.55 bits per heavy atom. The minimum absolute atomic E-state index is 0.720. The summed E-state index contributed by atoms with van der Waals surface area (Å²) in [7, 11) is 0. The number of rotatable bonds is 6. The smallest absolute Gasteiger partial charge is 0.00890 e. The normalized spacial score (nSPS) is 12.5.